The first-order valence-corrected chi connectivity index (χ1v) is 7.13. The minimum absolute atomic E-state index is 0.0677. The molecular weight excluding hydrogens is 266 g/mol. The molecule has 1 heterocycles. The summed E-state index contributed by atoms with van der Waals surface area (Å²) in [6.07, 6.45) is 6.32. The quantitative estimate of drug-likeness (QED) is 0.850. The highest BCUT2D eigenvalue weighted by molar-refractivity contribution is 5.69. The molecule has 1 N–H and O–H groups in total. The minimum Gasteiger partial charge on any atom is -0.480 e. The van der Waals surface area contributed by atoms with Crippen molar-refractivity contribution in [1.82, 2.24) is 14.5 Å². The number of hydrogen-bond acceptors (Lipinski definition) is 3. The Bertz CT molecular complexity index is 564. The summed E-state index contributed by atoms with van der Waals surface area (Å²) in [6.45, 7) is 4.84. The second-order valence-corrected chi connectivity index (χ2v) is 5.19. The third-order valence-electron chi connectivity index (χ3n) is 3.68. The minimum atomic E-state index is -0.787. The van der Waals surface area contributed by atoms with E-state index in [0.717, 1.165) is 17.7 Å². The summed E-state index contributed by atoms with van der Waals surface area (Å²) < 4.78 is 1.94. The topological polar surface area (TPSA) is 58.4 Å². The first-order chi connectivity index (χ1) is 10.1. The molecule has 21 heavy (non-hydrogen) atoms. The van der Waals surface area contributed by atoms with Crippen LogP contribution in [0.3, 0.4) is 0 Å². The molecule has 1 aromatic heterocycles. The number of aromatic nitrogens is 2. The Kier molecular flexibility index (Phi) is 5.11. The fraction of sp³-hybridized carbons (Fsp3) is 0.375. The molecule has 0 amide bonds. The van der Waals surface area contributed by atoms with Crippen LogP contribution in [0.15, 0.2) is 43.0 Å². The summed E-state index contributed by atoms with van der Waals surface area (Å²) in [5.41, 5.74) is 2.16. The Morgan fingerprint density at radius 1 is 1.38 bits per heavy atom. The molecule has 0 fully saturated rings. The van der Waals surface area contributed by atoms with Crippen molar-refractivity contribution in [3.05, 3.63) is 48.5 Å². The van der Waals surface area contributed by atoms with Gasteiger partial charge in [0.15, 0.2) is 0 Å². The molecule has 112 valence electrons. The zero-order valence-electron chi connectivity index (χ0n) is 12.4. The van der Waals surface area contributed by atoms with Gasteiger partial charge < -0.3 is 9.67 Å². The number of imidazole rings is 1. The molecule has 0 aliphatic heterocycles. The van der Waals surface area contributed by atoms with Crippen LogP contribution in [-0.4, -0.2) is 38.1 Å². The van der Waals surface area contributed by atoms with Crippen LogP contribution in [0, 0.1) is 0 Å². The Morgan fingerprint density at radius 2 is 2.10 bits per heavy atom. The average molecular weight is 287 g/mol. The Hall–Kier alpha value is -2.14. The molecule has 0 spiro atoms. The highest BCUT2D eigenvalue weighted by Gasteiger charge is 2.15. The van der Waals surface area contributed by atoms with Crippen molar-refractivity contribution < 1.29 is 9.90 Å². The van der Waals surface area contributed by atoms with Gasteiger partial charge in [0.1, 0.15) is 0 Å². The van der Waals surface area contributed by atoms with E-state index >= 15 is 0 Å². The van der Waals surface area contributed by atoms with Gasteiger partial charge in [-0.2, -0.15) is 0 Å². The molecule has 1 aromatic carbocycles. The second kappa shape index (κ2) is 7.04. The van der Waals surface area contributed by atoms with Gasteiger partial charge in [0.2, 0.25) is 0 Å². The maximum atomic E-state index is 11.0. The first-order valence-electron chi connectivity index (χ1n) is 7.13. The van der Waals surface area contributed by atoms with E-state index in [1.807, 2.05) is 39.9 Å². The lowest BCUT2D eigenvalue weighted by Crippen LogP contribution is -2.36. The number of carbonyl (C=O) groups is 1. The SMILES string of the molecule is CCC(C)N(CC(=O)O)Cc1ccc(-n2ccnc2)cc1. The van der Waals surface area contributed by atoms with E-state index in [1.165, 1.54) is 0 Å². The van der Waals surface area contributed by atoms with Crippen LogP contribution in [0.25, 0.3) is 5.69 Å². The van der Waals surface area contributed by atoms with Gasteiger partial charge in [-0.05, 0) is 31.0 Å². The van der Waals surface area contributed by atoms with E-state index in [4.69, 9.17) is 5.11 Å². The standard InChI is InChI=1S/C16H21N3O2/c1-3-13(2)19(11-16(20)21)10-14-4-6-15(7-5-14)18-9-8-17-12-18/h4-9,12-13H,3,10-11H2,1-2H3,(H,20,21). The fourth-order valence-corrected chi connectivity index (χ4v) is 2.22. The van der Waals surface area contributed by atoms with E-state index < -0.39 is 5.97 Å². The van der Waals surface area contributed by atoms with Crippen molar-refractivity contribution in [2.75, 3.05) is 6.54 Å². The lowest BCUT2D eigenvalue weighted by atomic mass is 10.1. The molecule has 1 atom stereocenters. The maximum Gasteiger partial charge on any atom is 0.317 e. The van der Waals surface area contributed by atoms with Crippen molar-refractivity contribution in [1.29, 1.82) is 0 Å². The summed E-state index contributed by atoms with van der Waals surface area (Å²) >= 11 is 0. The highest BCUT2D eigenvalue weighted by Crippen LogP contribution is 2.13. The van der Waals surface area contributed by atoms with Gasteiger partial charge in [0.25, 0.3) is 0 Å². The monoisotopic (exact) mass is 287 g/mol. The van der Waals surface area contributed by atoms with Gasteiger partial charge in [0, 0.05) is 30.7 Å². The summed E-state index contributed by atoms with van der Waals surface area (Å²) in [6, 6.07) is 8.35. The molecule has 2 rings (SSSR count). The van der Waals surface area contributed by atoms with Crippen LogP contribution in [0.1, 0.15) is 25.8 Å². The van der Waals surface area contributed by atoms with Crippen molar-refractivity contribution in [3.63, 3.8) is 0 Å². The van der Waals surface area contributed by atoms with Gasteiger partial charge in [-0.3, -0.25) is 9.69 Å². The van der Waals surface area contributed by atoms with Crippen LogP contribution in [-0.2, 0) is 11.3 Å². The summed E-state index contributed by atoms with van der Waals surface area (Å²) in [4.78, 5) is 17.0. The predicted octanol–water partition coefficient (Wildman–Crippen LogP) is 2.56. The number of rotatable bonds is 7. The highest BCUT2D eigenvalue weighted by atomic mass is 16.4. The smallest absolute Gasteiger partial charge is 0.317 e. The molecule has 0 aliphatic carbocycles. The zero-order valence-corrected chi connectivity index (χ0v) is 12.4. The van der Waals surface area contributed by atoms with Crippen LogP contribution >= 0.6 is 0 Å². The van der Waals surface area contributed by atoms with Crippen LogP contribution < -0.4 is 0 Å². The van der Waals surface area contributed by atoms with Gasteiger partial charge in [0.05, 0.1) is 12.9 Å². The molecular formula is C16H21N3O2. The van der Waals surface area contributed by atoms with Crippen molar-refractivity contribution in [2.45, 2.75) is 32.9 Å². The van der Waals surface area contributed by atoms with Gasteiger partial charge >= 0.3 is 5.97 Å². The normalized spacial score (nSPS) is 12.5. The van der Waals surface area contributed by atoms with Crippen LogP contribution in [0.5, 0.6) is 0 Å². The molecule has 2 aromatic rings. The van der Waals surface area contributed by atoms with Crippen LogP contribution in [0.4, 0.5) is 0 Å². The summed E-state index contributed by atoms with van der Waals surface area (Å²) in [5, 5.41) is 9.02. The number of benzene rings is 1. The van der Waals surface area contributed by atoms with Crippen molar-refractivity contribution >= 4 is 5.97 Å². The fourth-order valence-electron chi connectivity index (χ4n) is 2.22. The number of hydrogen-bond donors (Lipinski definition) is 1. The first kappa shape index (κ1) is 15.3. The molecule has 5 nitrogen and oxygen atoms in total. The van der Waals surface area contributed by atoms with E-state index in [2.05, 4.69) is 18.8 Å². The summed E-state index contributed by atoms with van der Waals surface area (Å²) in [7, 11) is 0. The predicted molar refractivity (Wildman–Crippen MR) is 81.4 cm³/mol. The third-order valence-corrected chi connectivity index (χ3v) is 3.68. The van der Waals surface area contributed by atoms with E-state index in [-0.39, 0.29) is 12.6 Å². The lowest BCUT2D eigenvalue weighted by molar-refractivity contribution is -0.139. The van der Waals surface area contributed by atoms with Gasteiger partial charge in [-0.25, -0.2) is 4.98 Å². The Morgan fingerprint density at radius 3 is 2.62 bits per heavy atom. The van der Waals surface area contributed by atoms with Crippen LogP contribution in [0.2, 0.25) is 0 Å². The van der Waals surface area contributed by atoms with Crippen molar-refractivity contribution in [2.24, 2.45) is 0 Å². The molecule has 0 radical (unpaired) electrons. The van der Waals surface area contributed by atoms with Crippen molar-refractivity contribution in [3.8, 4) is 5.69 Å². The number of carboxylic acids is 1. The average Bonchev–Trinajstić information content (AvgIpc) is 3.00. The molecule has 0 bridgehead atoms. The molecule has 0 saturated heterocycles. The molecule has 0 aliphatic rings. The number of nitrogens with zero attached hydrogens (tertiary/aromatic N) is 3. The maximum absolute atomic E-state index is 11.0. The van der Waals surface area contributed by atoms with Gasteiger partial charge in [-0.15, -0.1) is 0 Å². The molecule has 1 unspecified atom stereocenters. The molecule has 0 saturated carbocycles. The molecule has 5 heteroatoms. The Labute approximate surface area is 124 Å². The Balaban J connectivity index is 2.08. The zero-order chi connectivity index (χ0) is 15.2. The lowest BCUT2D eigenvalue weighted by Gasteiger charge is -2.26. The van der Waals surface area contributed by atoms with Gasteiger partial charge in [-0.1, -0.05) is 19.1 Å². The number of carboxylic acid groups (broad SMARTS) is 1. The largest absolute Gasteiger partial charge is 0.480 e. The number of aliphatic carboxylic acids is 1. The third kappa shape index (κ3) is 4.16. The van der Waals surface area contributed by atoms with E-state index in [9.17, 15) is 4.79 Å². The van der Waals surface area contributed by atoms with E-state index in [0.29, 0.717) is 6.54 Å². The summed E-state index contributed by atoms with van der Waals surface area (Å²) in [5.74, 6) is -0.787. The van der Waals surface area contributed by atoms with E-state index in [1.54, 1.807) is 12.5 Å². The second-order valence-electron chi connectivity index (χ2n) is 5.19.